The molecule has 2 aliphatic heterocycles. The number of carbonyl (C=O) groups is 1. The summed E-state index contributed by atoms with van der Waals surface area (Å²) in [5, 5.41) is 3.46. The molecule has 6 nitrogen and oxygen atoms in total. The smallest absolute Gasteiger partial charge is 0.236 e. The Labute approximate surface area is 180 Å². The molecule has 166 valence electrons. The Morgan fingerprint density at radius 2 is 1.77 bits per heavy atom. The van der Waals surface area contributed by atoms with E-state index in [1.165, 1.54) is 12.5 Å². The van der Waals surface area contributed by atoms with Crippen molar-refractivity contribution in [2.75, 3.05) is 59.4 Å². The Morgan fingerprint density at radius 3 is 2.40 bits per heavy atom. The zero-order valence-electron chi connectivity index (χ0n) is 18.7. The predicted octanol–water partition coefficient (Wildman–Crippen LogP) is 2.31. The molecule has 0 spiro atoms. The van der Waals surface area contributed by atoms with Gasteiger partial charge in [0.15, 0.2) is 5.96 Å². The Bertz CT molecular complexity index is 737. The highest BCUT2D eigenvalue weighted by atomic mass is 19.1. The van der Waals surface area contributed by atoms with Crippen LogP contribution in [0.5, 0.6) is 0 Å². The zero-order valence-corrected chi connectivity index (χ0v) is 18.7. The third-order valence-electron chi connectivity index (χ3n) is 6.25. The van der Waals surface area contributed by atoms with E-state index in [0.717, 1.165) is 63.6 Å². The van der Waals surface area contributed by atoms with Gasteiger partial charge in [-0.15, -0.1) is 0 Å². The largest absolute Gasteiger partial charge is 0.355 e. The molecule has 0 aliphatic carbocycles. The number of nitrogens with one attached hydrogen (secondary N) is 1. The number of amides is 1. The molecular weight excluding hydrogens is 381 g/mol. The van der Waals surface area contributed by atoms with Crippen molar-refractivity contribution in [3.05, 3.63) is 35.6 Å². The van der Waals surface area contributed by atoms with Crippen molar-refractivity contribution in [2.45, 2.75) is 38.5 Å². The Kier molecular flexibility index (Phi) is 7.69. The summed E-state index contributed by atoms with van der Waals surface area (Å²) in [7, 11) is 1.80. The minimum Gasteiger partial charge on any atom is -0.355 e. The summed E-state index contributed by atoms with van der Waals surface area (Å²) in [6, 6.07) is 6.79. The molecule has 0 atom stereocenters. The minimum atomic E-state index is -0.222. The second-order valence-corrected chi connectivity index (χ2v) is 9.00. The molecule has 2 fully saturated rings. The number of benzene rings is 1. The number of piperazine rings is 1. The van der Waals surface area contributed by atoms with Gasteiger partial charge in [0.05, 0.1) is 6.54 Å². The van der Waals surface area contributed by atoms with Crippen molar-refractivity contribution in [3.8, 4) is 0 Å². The van der Waals surface area contributed by atoms with E-state index in [1.807, 2.05) is 11.0 Å². The lowest BCUT2D eigenvalue weighted by Gasteiger charge is -2.38. The van der Waals surface area contributed by atoms with Gasteiger partial charge in [-0.25, -0.2) is 4.39 Å². The van der Waals surface area contributed by atoms with E-state index in [2.05, 4.69) is 34.0 Å². The molecule has 1 aromatic carbocycles. The van der Waals surface area contributed by atoms with Gasteiger partial charge in [0.2, 0.25) is 5.91 Å². The standard InChI is InChI=1S/C23H36FN5O/c1-23(2,19-8-7-9-20(24)16-19)18-26-22(25-3)29-14-12-27(13-15-29)17-21(30)28-10-5-4-6-11-28/h7-9,16H,4-6,10-15,17-18H2,1-3H3,(H,25,26). The fourth-order valence-corrected chi connectivity index (χ4v) is 4.20. The van der Waals surface area contributed by atoms with Crippen LogP contribution in [0.2, 0.25) is 0 Å². The van der Waals surface area contributed by atoms with Crippen LogP contribution in [0.15, 0.2) is 29.3 Å². The number of nitrogens with zero attached hydrogens (tertiary/aromatic N) is 4. The van der Waals surface area contributed by atoms with Crippen molar-refractivity contribution in [2.24, 2.45) is 4.99 Å². The second kappa shape index (κ2) is 10.2. The van der Waals surface area contributed by atoms with Gasteiger partial charge < -0.3 is 15.1 Å². The average molecular weight is 418 g/mol. The Balaban J connectivity index is 1.47. The van der Waals surface area contributed by atoms with Gasteiger partial charge in [-0.05, 0) is 37.0 Å². The molecule has 1 amide bonds. The minimum absolute atomic E-state index is 0.208. The third-order valence-corrected chi connectivity index (χ3v) is 6.25. The molecule has 0 aromatic heterocycles. The van der Waals surface area contributed by atoms with Crippen LogP contribution in [-0.2, 0) is 10.2 Å². The van der Waals surface area contributed by atoms with Crippen LogP contribution >= 0.6 is 0 Å². The molecule has 0 radical (unpaired) electrons. The monoisotopic (exact) mass is 417 g/mol. The van der Waals surface area contributed by atoms with E-state index in [9.17, 15) is 9.18 Å². The van der Waals surface area contributed by atoms with Gasteiger partial charge in [-0.3, -0.25) is 14.7 Å². The van der Waals surface area contributed by atoms with E-state index < -0.39 is 0 Å². The van der Waals surface area contributed by atoms with Crippen molar-refractivity contribution in [3.63, 3.8) is 0 Å². The third kappa shape index (κ3) is 5.94. The molecule has 2 heterocycles. The van der Waals surface area contributed by atoms with Crippen LogP contribution in [0.4, 0.5) is 4.39 Å². The molecule has 1 N–H and O–H groups in total. The summed E-state index contributed by atoms with van der Waals surface area (Å²) in [6.07, 6.45) is 3.51. The van der Waals surface area contributed by atoms with Crippen molar-refractivity contribution in [1.29, 1.82) is 0 Å². The maximum Gasteiger partial charge on any atom is 0.236 e. The van der Waals surface area contributed by atoms with E-state index in [0.29, 0.717) is 13.1 Å². The van der Waals surface area contributed by atoms with Crippen molar-refractivity contribution < 1.29 is 9.18 Å². The fraction of sp³-hybridized carbons (Fsp3) is 0.652. The van der Waals surface area contributed by atoms with Gasteiger partial charge in [0.25, 0.3) is 0 Å². The first-order valence-corrected chi connectivity index (χ1v) is 11.1. The topological polar surface area (TPSA) is 51.2 Å². The summed E-state index contributed by atoms with van der Waals surface area (Å²) in [6.45, 7) is 10.6. The van der Waals surface area contributed by atoms with Crippen LogP contribution in [0.25, 0.3) is 0 Å². The maximum atomic E-state index is 13.6. The lowest BCUT2D eigenvalue weighted by atomic mass is 9.84. The Hall–Kier alpha value is -2.15. The van der Waals surface area contributed by atoms with Gasteiger partial charge >= 0.3 is 0 Å². The Morgan fingerprint density at radius 1 is 1.07 bits per heavy atom. The van der Waals surface area contributed by atoms with E-state index in [1.54, 1.807) is 19.2 Å². The lowest BCUT2D eigenvalue weighted by Crippen LogP contribution is -2.55. The van der Waals surface area contributed by atoms with Gasteiger partial charge in [-0.2, -0.15) is 0 Å². The van der Waals surface area contributed by atoms with E-state index in [4.69, 9.17) is 0 Å². The number of likely N-dealkylation sites (tertiary alicyclic amines) is 1. The predicted molar refractivity (Wildman–Crippen MR) is 119 cm³/mol. The lowest BCUT2D eigenvalue weighted by molar-refractivity contribution is -0.133. The molecule has 0 bridgehead atoms. The summed E-state index contributed by atoms with van der Waals surface area (Å²) in [5.41, 5.74) is 0.743. The number of carbonyl (C=O) groups excluding carboxylic acids is 1. The number of hydrogen-bond acceptors (Lipinski definition) is 3. The molecule has 0 unspecified atom stereocenters. The maximum absolute atomic E-state index is 13.6. The van der Waals surface area contributed by atoms with Crippen LogP contribution < -0.4 is 5.32 Å². The van der Waals surface area contributed by atoms with Gasteiger partial charge in [-0.1, -0.05) is 26.0 Å². The highest BCUT2D eigenvalue weighted by Crippen LogP contribution is 2.23. The van der Waals surface area contributed by atoms with Crippen LogP contribution in [-0.4, -0.2) is 86.0 Å². The first kappa shape index (κ1) is 22.5. The second-order valence-electron chi connectivity index (χ2n) is 9.00. The number of rotatable bonds is 5. The number of guanidine groups is 1. The van der Waals surface area contributed by atoms with Crippen LogP contribution in [0, 0.1) is 5.82 Å². The SMILES string of the molecule is CN=C(NCC(C)(C)c1cccc(F)c1)N1CCN(CC(=O)N2CCCCC2)CC1. The van der Waals surface area contributed by atoms with Gasteiger partial charge in [0, 0.05) is 58.3 Å². The van der Waals surface area contributed by atoms with Crippen LogP contribution in [0.1, 0.15) is 38.7 Å². The number of piperidine rings is 1. The highest BCUT2D eigenvalue weighted by Gasteiger charge is 2.26. The summed E-state index contributed by atoms with van der Waals surface area (Å²) < 4.78 is 13.6. The molecular formula is C23H36FN5O. The van der Waals surface area contributed by atoms with E-state index in [-0.39, 0.29) is 17.1 Å². The van der Waals surface area contributed by atoms with Crippen molar-refractivity contribution >= 4 is 11.9 Å². The number of hydrogen-bond donors (Lipinski definition) is 1. The molecule has 30 heavy (non-hydrogen) atoms. The highest BCUT2D eigenvalue weighted by molar-refractivity contribution is 5.80. The summed E-state index contributed by atoms with van der Waals surface area (Å²) in [4.78, 5) is 23.5. The number of halogens is 1. The van der Waals surface area contributed by atoms with E-state index >= 15 is 0 Å². The quantitative estimate of drug-likeness (QED) is 0.590. The zero-order chi connectivity index (χ0) is 21.6. The van der Waals surface area contributed by atoms with Crippen molar-refractivity contribution in [1.82, 2.24) is 20.0 Å². The molecule has 7 heteroatoms. The first-order valence-electron chi connectivity index (χ1n) is 11.1. The summed E-state index contributed by atoms with van der Waals surface area (Å²) in [5.74, 6) is 0.921. The molecule has 2 saturated heterocycles. The molecule has 3 rings (SSSR count). The molecule has 0 saturated carbocycles. The first-order chi connectivity index (χ1) is 14.4. The van der Waals surface area contributed by atoms with Crippen LogP contribution in [0.3, 0.4) is 0 Å². The molecule has 1 aromatic rings. The van der Waals surface area contributed by atoms with Gasteiger partial charge in [0.1, 0.15) is 5.82 Å². The fourth-order valence-electron chi connectivity index (χ4n) is 4.20. The average Bonchev–Trinajstić information content (AvgIpc) is 2.76. The number of aliphatic imine (C=N–C) groups is 1. The normalized spacial score (nSPS) is 19.1. The summed E-state index contributed by atoms with van der Waals surface area (Å²) >= 11 is 0. The molecule has 2 aliphatic rings.